The number of H-pyrrole nitrogens is 1. The maximum atomic E-state index is 13.0. The predicted octanol–water partition coefficient (Wildman–Crippen LogP) is 4.89. The van der Waals surface area contributed by atoms with Crippen molar-refractivity contribution in [2.24, 2.45) is 5.41 Å². The largest absolute Gasteiger partial charge is 0.325 e. The molecule has 0 unspecified atom stereocenters. The predicted molar refractivity (Wildman–Crippen MR) is 130 cm³/mol. The van der Waals surface area contributed by atoms with Gasteiger partial charge in [0.15, 0.2) is 0 Å². The summed E-state index contributed by atoms with van der Waals surface area (Å²) < 4.78 is 0. The number of rotatable bonds is 2. The first-order chi connectivity index (χ1) is 16.1. The second-order valence-corrected chi connectivity index (χ2v) is 10.0. The molecule has 2 aliphatic heterocycles. The van der Waals surface area contributed by atoms with Crippen LogP contribution in [-0.2, 0) is 24.2 Å². The zero-order chi connectivity index (χ0) is 22.2. The van der Waals surface area contributed by atoms with Crippen molar-refractivity contribution < 1.29 is 4.79 Å². The van der Waals surface area contributed by atoms with Gasteiger partial charge in [-0.05, 0) is 72.7 Å². The van der Waals surface area contributed by atoms with E-state index >= 15 is 0 Å². The van der Waals surface area contributed by atoms with Gasteiger partial charge in [-0.25, -0.2) is 0 Å². The lowest BCUT2D eigenvalue weighted by atomic mass is 9.86. The van der Waals surface area contributed by atoms with Crippen LogP contribution in [0.5, 0.6) is 0 Å². The molecule has 3 aromatic carbocycles. The lowest BCUT2D eigenvalue weighted by molar-refractivity contribution is -0.121. The quantitative estimate of drug-likeness (QED) is 0.472. The fraction of sp³-hybridized carbons (Fsp3) is 0.286. The normalized spacial score (nSPS) is 23.9. The van der Waals surface area contributed by atoms with Crippen LogP contribution in [0.3, 0.4) is 0 Å². The van der Waals surface area contributed by atoms with Gasteiger partial charge in [0.1, 0.15) is 0 Å². The number of carbonyl (C=O) groups is 1. The molecule has 1 aliphatic carbocycles. The van der Waals surface area contributed by atoms with E-state index in [0.717, 1.165) is 54.6 Å². The number of carbonyl (C=O) groups excluding carboxylic acids is 1. The summed E-state index contributed by atoms with van der Waals surface area (Å²) >= 11 is 0. The van der Waals surface area contributed by atoms with E-state index in [0.29, 0.717) is 0 Å². The molecule has 5 nitrogen and oxygen atoms in total. The zero-order valence-corrected chi connectivity index (χ0v) is 18.7. The molecule has 1 spiro atoms. The molecule has 2 atom stereocenters. The Morgan fingerprint density at radius 2 is 1.94 bits per heavy atom. The van der Waals surface area contributed by atoms with Crippen LogP contribution < -0.4 is 5.32 Å². The Balaban J connectivity index is 1.20. The molecule has 0 saturated heterocycles. The van der Waals surface area contributed by atoms with Crippen molar-refractivity contribution >= 4 is 22.5 Å². The lowest BCUT2D eigenvalue weighted by Gasteiger charge is -2.25. The van der Waals surface area contributed by atoms with Crippen LogP contribution in [0, 0.1) is 5.41 Å². The van der Waals surface area contributed by atoms with Crippen LogP contribution in [0.1, 0.15) is 34.6 Å². The van der Waals surface area contributed by atoms with E-state index in [-0.39, 0.29) is 17.2 Å². The average Bonchev–Trinajstić information content (AvgIpc) is 3.39. The van der Waals surface area contributed by atoms with Crippen LogP contribution in [-0.4, -0.2) is 34.6 Å². The van der Waals surface area contributed by atoms with Crippen LogP contribution in [0.15, 0.2) is 60.7 Å². The maximum absolute atomic E-state index is 13.0. The smallest absolute Gasteiger partial charge is 0.231 e. The van der Waals surface area contributed by atoms with Gasteiger partial charge in [-0.15, -0.1) is 0 Å². The van der Waals surface area contributed by atoms with E-state index < -0.39 is 0 Å². The molecule has 2 N–H and O–H groups in total. The highest BCUT2D eigenvalue weighted by atomic mass is 16.2. The van der Waals surface area contributed by atoms with Gasteiger partial charge >= 0.3 is 0 Å². The summed E-state index contributed by atoms with van der Waals surface area (Å²) in [6, 6.07) is 21.5. The molecule has 0 bridgehead atoms. The van der Waals surface area contributed by atoms with Gasteiger partial charge < -0.3 is 10.2 Å². The zero-order valence-electron chi connectivity index (χ0n) is 18.7. The Bertz CT molecular complexity index is 1440. The fourth-order valence-electron chi connectivity index (χ4n) is 5.97. The van der Waals surface area contributed by atoms with Gasteiger partial charge in [0.05, 0.1) is 16.6 Å². The number of para-hydroxylation sites is 1. The van der Waals surface area contributed by atoms with Gasteiger partial charge in [-0.1, -0.05) is 42.5 Å². The molecule has 1 saturated carbocycles. The number of aromatic nitrogens is 2. The van der Waals surface area contributed by atoms with Gasteiger partial charge in [0.25, 0.3) is 0 Å². The third kappa shape index (κ3) is 2.89. The first-order valence-corrected chi connectivity index (χ1v) is 11.8. The van der Waals surface area contributed by atoms with Crippen molar-refractivity contribution in [1.82, 2.24) is 15.1 Å². The summed E-state index contributed by atoms with van der Waals surface area (Å²) in [4.78, 5) is 15.3. The van der Waals surface area contributed by atoms with E-state index in [2.05, 4.69) is 76.0 Å². The van der Waals surface area contributed by atoms with Crippen molar-refractivity contribution in [3.05, 3.63) is 82.9 Å². The monoisotopic (exact) mass is 434 g/mol. The minimum Gasteiger partial charge on any atom is -0.325 e. The molecule has 164 valence electrons. The highest BCUT2D eigenvalue weighted by Crippen LogP contribution is 2.63. The Hall–Kier alpha value is -3.44. The molecule has 0 radical (unpaired) electrons. The second kappa shape index (κ2) is 6.78. The summed E-state index contributed by atoms with van der Waals surface area (Å²) in [6.45, 7) is 2.11. The molecule has 4 aromatic rings. The third-order valence-electron chi connectivity index (χ3n) is 7.97. The van der Waals surface area contributed by atoms with Crippen LogP contribution in [0.4, 0.5) is 5.69 Å². The van der Waals surface area contributed by atoms with Crippen molar-refractivity contribution in [3.8, 4) is 11.3 Å². The molecule has 1 aromatic heterocycles. The van der Waals surface area contributed by atoms with Gasteiger partial charge in [0.2, 0.25) is 5.91 Å². The molecule has 5 heteroatoms. The minimum atomic E-state index is -0.309. The van der Waals surface area contributed by atoms with Crippen LogP contribution in [0.2, 0.25) is 0 Å². The number of likely N-dealkylation sites (N-methyl/N-ethyl adjacent to an activating group) is 1. The summed E-state index contributed by atoms with van der Waals surface area (Å²) in [5.41, 5.74) is 9.18. The minimum absolute atomic E-state index is 0.163. The summed E-state index contributed by atoms with van der Waals surface area (Å²) in [6.07, 6.45) is 2.80. The van der Waals surface area contributed by atoms with Gasteiger partial charge in [-0.3, -0.25) is 9.89 Å². The van der Waals surface area contributed by atoms with Crippen molar-refractivity contribution in [3.63, 3.8) is 0 Å². The Morgan fingerprint density at radius 3 is 2.88 bits per heavy atom. The van der Waals surface area contributed by atoms with Gasteiger partial charge in [-0.2, -0.15) is 5.10 Å². The lowest BCUT2D eigenvalue weighted by Crippen LogP contribution is -2.32. The number of fused-ring (bicyclic) bond motifs is 3. The highest BCUT2D eigenvalue weighted by molar-refractivity contribution is 6.02. The number of nitrogens with one attached hydrogen (secondary N) is 2. The number of aromatic amines is 1. The molecule has 7 rings (SSSR count). The highest BCUT2D eigenvalue weighted by Gasteiger charge is 2.61. The topological polar surface area (TPSA) is 61.0 Å². The molecular formula is C28H26N4O. The molecular weight excluding hydrogens is 408 g/mol. The van der Waals surface area contributed by atoms with E-state index in [1.165, 1.54) is 27.8 Å². The van der Waals surface area contributed by atoms with E-state index in [1.54, 1.807) is 0 Å². The second-order valence-electron chi connectivity index (χ2n) is 10.0. The first-order valence-electron chi connectivity index (χ1n) is 11.8. The van der Waals surface area contributed by atoms with E-state index in [1.807, 2.05) is 12.1 Å². The van der Waals surface area contributed by atoms with Crippen molar-refractivity contribution in [2.45, 2.75) is 31.7 Å². The van der Waals surface area contributed by atoms with Crippen molar-refractivity contribution in [2.75, 3.05) is 18.9 Å². The fourth-order valence-corrected chi connectivity index (χ4v) is 5.97. The van der Waals surface area contributed by atoms with E-state index in [4.69, 9.17) is 0 Å². The van der Waals surface area contributed by atoms with Gasteiger partial charge in [0, 0.05) is 29.7 Å². The Kier molecular flexibility index (Phi) is 3.92. The standard InChI is InChI=1S/C28H26N4O/c1-32-11-10-17-12-19(6-7-21(17)16-32)26-22-9-8-18(13-25(22)30-31-26)23-15-28(23)14-20-4-2-3-5-24(20)29-27(28)33/h2-9,12-13,23H,10-11,14-16H2,1H3,(H,29,33)(H,30,31)/t23-,28+/m0/s1. The summed E-state index contributed by atoms with van der Waals surface area (Å²) in [5, 5.41) is 12.2. The number of anilines is 1. The van der Waals surface area contributed by atoms with Crippen LogP contribution in [0.25, 0.3) is 22.2 Å². The Labute approximate surface area is 192 Å². The molecule has 1 amide bonds. The number of hydrogen-bond donors (Lipinski definition) is 2. The molecule has 33 heavy (non-hydrogen) atoms. The number of nitrogens with zero attached hydrogens (tertiary/aromatic N) is 2. The molecule has 1 fully saturated rings. The number of hydrogen-bond acceptors (Lipinski definition) is 3. The molecule has 3 heterocycles. The Morgan fingerprint density at radius 1 is 1.03 bits per heavy atom. The van der Waals surface area contributed by atoms with Crippen LogP contribution >= 0.6 is 0 Å². The van der Waals surface area contributed by atoms with Crippen molar-refractivity contribution in [1.29, 1.82) is 0 Å². The average molecular weight is 435 g/mol. The molecule has 3 aliphatic rings. The van der Waals surface area contributed by atoms with E-state index in [9.17, 15) is 4.79 Å². The summed E-state index contributed by atoms with van der Waals surface area (Å²) in [5.74, 6) is 0.416. The SMILES string of the molecule is CN1CCc2cc(-c3n[nH]c4cc([C@@H]5C[C@]56Cc5ccccc5NC6=O)ccc34)ccc2C1. The number of benzene rings is 3. The first kappa shape index (κ1) is 19.1. The number of amides is 1. The summed E-state index contributed by atoms with van der Waals surface area (Å²) in [7, 11) is 2.18. The third-order valence-corrected chi connectivity index (χ3v) is 7.97. The maximum Gasteiger partial charge on any atom is 0.231 e.